The Morgan fingerprint density at radius 1 is 0.944 bits per heavy atom. The Morgan fingerprint density at radius 2 is 1.69 bits per heavy atom. The fourth-order valence-corrected chi connectivity index (χ4v) is 4.38. The highest BCUT2D eigenvalue weighted by atomic mass is 35.5. The van der Waals surface area contributed by atoms with Gasteiger partial charge in [-0.2, -0.15) is 0 Å². The molecular formula is C29H26ClN3O3. The van der Waals surface area contributed by atoms with Crippen LogP contribution in [-0.4, -0.2) is 28.7 Å². The van der Waals surface area contributed by atoms with Crippen LogP contribution in [0.1, 0.15) is 18.8 Å². The van der Waals surface area contributed by atoms with E-state index in [9.17, 15) is 4.79 Å². The van der Waals surface area contributed by atoms with Gasteiger partial charge in [0.2, 0.25) is 0 Å². The SMILES string of the molecule is CC(NC(=O)COc1ccc(Cl)cc1)c1nc2ccccc2n1CCOc1cccc2ccccc12. The zero-order valence-corrected chi connectivity index (χ0v) is 20.6. The van der Waals surface area contributed by atoms with Crippen LogP contribution in [0.2, 0.25) is 5.02 Å². The maximum Gasteiger partial charge on any atom is 0.258 e. The number of nitrogens with zero attached hydrogens (tertiary/aromatic N) is 2. The van der Waals surface area contributed by atoms with E-state index in [1.54, 1.807) is 24.3 Å². The summed E-state index contributed by atoms with van der Waals surface area (Å²) in [6, 6.07) is 28.8. The summed E-state index contributed by atoms with van der Waals surface area (Å²) in [7, 11) is 0. The summed E-state index contributed by atoms with van der Waals surface area (Å²) in [6.07, 6.45) is 0. The van der Waals surface area contributed by atoms with Crippen LogP contribution < -0.4 is 14.8 Å². The minimum absolute atomic E-state index is 0.101. The molecule has 4 aromatic carbocycles. The lowest BCUT2D eigenvalue weighted by Gasteiger charge is -2.17. The number of amides is 1. The first kappa shape index (κ1) is 23.7. The number of hydrogen-bond donors (Lipinski definition) is 1. The normalized spacial score (nSPS) is 11.9. The van der Waals surface area contributed by atoms with Crippen LogP contribution in [0, 0.1) is 0 Å². The monoisotopic (exact) mass is 499 g/mol. The van der Waals surface area contributed by atoms with Crippen molar-refractivity contribution in [3.8, 4) is 11.5 Å². The Bertz CT molecular complexity index is 1490. The van der Waals surface area contributed by atoms with E-state index >= 15 is 0 Å². The summed E-state index contributed by atoms with van der Waals surface area (Å²) in [6.45, 7) is 2.86. The Morgan fingerprint density at radius 3 is 2.56 bits per heavy atom. The van der Waals surface area contributed by atoms with Gasteiger partial charge in [0.05, 0.1) is 23.6 Å². The smallest absolute Gasteiger partial charge is 0.258 e. The van der Waals surface area contributed by atoms with E-state index in [2.05, 4.69) is 28.1 Å². The van der Waals surface area contributed by atoms with Crippen molar-refractivity contribution in [2.75, 3.05) is 13.2 Å². The standard InChI is InChI=1S/C29H26ClN3O3/c1-20(31-28(34)19-36-23-15-13-22(30)14-16-23)29-32-25-10-4-5-11-26(25)33(29)17-18-35-27-12-6-8-21-7-2-3-9-24(21)27/h2-16,20H,17-19H2,1H3,(H,31,34). The van der Waals surface area contributed by atoms with Gasteiger partial charge >= 0.3 is 0 Å². The van der Waals surface area contributed by atoms with Gasteiger partial charge in [-0.15, -0.1) is 0 Å². The lowest BCUT2D eigenvalue weighted by Crippen LogP contribution is -2.33. The molecule has 0 radical (unpaired) electrons. The van der Waals surface area contributed by atoms with E-state index in [-0.39, 0.29) is 18.6 Å². The molecule has 5 rings (SSSR count). The number of fused-ring (bicyclic) bond motifs is 2. The number of carbonyl (C=O) groups is 1. The maximum absolute atomic E-state index is 12.6. The Hall–Kier alpha value is -4.03. The predicted octanol–water partition coefficient (Wildman–Crippen LogP) is 6.18. The number of imidazole rings is 1. The van der Waals surface area contributed by atoms with Gasteiger partial charge in [-0.3, -0.25) is 4.79 Å². The van der Waals surface area contributed by atoms with Crippen molar-refractivity contribution in [3.63, 3.8) is 0 Å². The summed E-state index contributed by atoms with van der Waals surface area (Å²) >= 11 is 5.90. The fraction of sp³-hybridized carbons (Fsp3) is 0.172. The molecule has 1 atom stereocenters. The zero-order chi connectivity index (χ0) is 24.9. The number of ether oxygens (including phenoxy) is 2. The van der Waals surface area contributed by atoms with E-state index in [4.69, 9.17) is 26.1 Å². The minimum Gasteiger partial charge on any atom is -0.491 e. The molecule has 7 heteroatoms. The van der Waals surface area contributed by atoms with E-state index in [1.165, 1.54) is 0 Å². The highest BCUT2D eigenvalue weighted by molar-refractivity contribution is 6.30. The van der Waals surface area contributed by atoms with Gasteiger partial charge in [-0.05, 0) is 54.8 Å². The first-order valence-electron chi connectivity index (χ1n) is 11.8. The molecule has 0 aliphatic carbocycles. The second-order valence-corrected chi connectivity index (χ2v) is 8.90. The number of halogens is 1. The van der Waals surface area contributed by atoms with Crippen molar-refractivity contribution in [3.05, 3.63) is 102 Å². The van der Waals surface area contributed by atoms with Crippen LogP contribution in [0.25, 0.3) is 21.8 Å². The molecule has 5 aromatic rings. The van der Waals surface area contributed by atoms with E-state index < -0.39 is 0 Å². The van der Waals surface area contributed by atoms with Crippen LogP contribution in [-0.2, 0) is 11.3 Å². The highest BCUT2D eigenvalue weighted by Crippen LogP contribution is 2.26. The maximum atomic E-state index is 12.6. The molecule has 182 valence electrons. The van der Waals surface area contributed by atoms with Gasteiger partial charge in [0.25, 0.3) is 5.91 Å². The molecule has 6 nitrogen and oxygen atoms in total. The molecule has 0 spiro atoms. The molecule has 0 aliphatic rings. The number of para-hydroxylation sites is 2. The molecule has 0 aliphatic heterocycles. The highest BCUT2D eigenvalue weighted by Gasteiger charge is 2.19. The van der Waals surface area contributed by atoms with Crippen LogP contribution in [0.15, 0.2) is 91.0 Å². The molecule has 1 unspecified atom stereocenters. The second kappa shape index (κ2) is 10.7. The van der Waals surface area contributed by atoms with Gasteiger partial charge in [0.15, 0.2) is 6.61 Å². The molecule has 0 fully saturated rings. The van der Waals surface area contributed by atoms with Crippen LogP contribution in [0.4, 0.5) is 0 Å². The van der Waals surface area contributed by atoms with Gasteiger partial charge in [-0.25, -0.2) is 4.98 Å². The van der Waals surface area contributed by atoms with Crippen molar-refractivity contribution < 1.29 is 14.3 Å². The lowest BCUT2D eigenvalue weighted by molar-refractivity contribution is -0.123. The largest absolute Gasteiger partial charge is 0.491 e. The number of rotatable bonds is 9. The molecule has 0 saturated carbocycles. The third-order valence-electron chi connectivity index (χ3n) is 5.95. The van der Waals surface area contributed by atoms with Gasteiger partial charge in [0, 0.05) is 10.4 Å². The number of nitrogens with one attached hydrogen (secondary N) is 1. The summed E-state index contributed by atoms with van der Waals surface area (Å²) in [5.74, 6) is 1.96. The number of aromatic nitrogens is 2. The molecule has 1 heterocycles. The zero-order valence-electron chi connectivity index (χ0n) is 19.9. The molecule has 0 bridgehead atoms. The van der Waals surface area contributed by atoms with Gasteiger partial charge in [0.1, 0.15) is 23.9 Å². The van der Waals surface area contributed by atoms with Crippen molar-refractivity contribution >= 4 is 39.3 Å². The van der Waals surface area contributed by atoms with Gasteiger partial charge < -0.3 is 19.4 Å². The average molecular weight is 500 g/mol. The third-order valence-corrected chi connectivity index (χ3v) is 6.21. The number of hydrogen-bond acceptors (Lipinski definition) is 4. The summed E-state index contributed by atoms with van der Waals surface area (Å²) in [5.41, 5.74) is 1.86. The van der Waals surface area contributed by atoms with Crippen LogP contribution >= 0.6 is 11.6 Å². The molecule has 1 aromatic heterocycles. The number of carbonyl (C=O) groups excluding carboxylic acids is 1. The first-order chi connectivity index (χ1) is 17.6. The fourth-order valence-electron chi connectivity index (χ4n) is 4.26. The summed E-state index contributed by atoms with van der Waals surface area (Å²) in [4.78, 5) is 17.4. The Balaban J connectivity index is 1.28. The molecule has 0 saturated heterocycles. The van der Waals surface area contributed by atoms with Crippen molar-refractivity contribution in [2.45, 2.75) is 19.5 Å². The number of benzene rings is 4. The Kier molecular flexibility index (Phi) is 7.05. The third kappa shape index (κ3) is 5.29. The average Bonchev–Trinajstić information content (AvgIpc) is 3.27. The topological polar surface area (TPSA) is 65.4 Å². The summed E-state index contributed by atoms with van der Waals surface area (Å²) < 4.78 is 13.9. The van der Waals surface area contributed by atoms with Crippen molar-refractivity contribution in [1.82, 2.24) is 14.9 Å². The van der Waals surface area contributed by atoms with Crippen molar-refractivity contribution in [2.24, 2.45) is 0 Å². The minimum atomic E-state index is -0.323. The van der Waals surface area contributed by atoms with E-state index in [1.807, 2.05) is 55.5 Å². The summed E-state index contributed by atoms with van der Waals surface area (Å²) in [5, 5.41) is 5.83. The molecular weight excluding hydrogens is 474 g/mol. The molecule has 1 N–H and O–H groups in total. The molecule has 36 heavy (non-hydrogen) atoms. The van der Waals surface area contributed by atoms with E-state index in [0.29, 0.717) is 23.9 Å². The van der Waals surface area contributed by atoms with Crippen LogP contribution in [0.5, 0.6) is 11.5 Å². The van der Waals surface area contributed by atoms with Crippen molar-refractivity contribution in [1.29, 1.82) is 0 Å². The lowest BCUT2D eigenvalue weighted by atomic mass is 10.1. The van der Waals surface area contributed by atoms with Crippen LogP contribution in [0.3, 0.4) is 0 Å². The Labute approximate surface area is 214 Å². The predicted molar refractivity (Wildman–Crippen MR) is 143 cm³/mol. The quantitative estimate of drug-likeness (QED) is 0.263. The first-order valence-corrected chi connectivity index (χ1v) is 12.2. The second-order valence-electron chi connectivity index (χ2n) is 8.47. The van der Waals surface area contributed by atoms with Gasteiger partial charge in [-0.1, -0.05) is 60.1 Å². The van der Waals surface area contributed by atoms with E-state index in [0.717, 1.165) is 33.4 Å². The molecule has 1 amide bonds.